The Morgan fingerprint density at radius 1 is 0.298 bits per heavy atom. The average molecular weight is 1150 g/mol. The quantitative estimate of drug-likeness (QED) is 0.0593. The Balaban J connectivity index is 0.000000275. The van der Waals surface area contributed by atoms with E-state index in [0.717, 1.165) is 49.7 Å². The van der Waals surface area contributed by atoms with Gasteiger partial charge in [0.05, 0.1) is 33.4 Å². The van der Waals surface area contributed by atoms with Crippen LogP contribution in [0.2, 0.25) is 0 Å². The van der Waals surface area contributed by atoms with Gasteiger partial charge in [-0.25, -0.2) is 28.8 Å². The number of benzene rings is 6. The molecule has 9 rings (SSSR count). The fraction of sp³-hybridized carbons (Fsp3) is 0.417. The second kappa shape index (κ2) is 32.8. The molecule has 6 aromatic rings. The fourth-order valence-corrected chi connectivity index (χ4v) is 10.3. The highest BCUT2D eigenvalue weighted by molar-refractivity contribution is 5.92. The lowest BCUT2D eigenvalue weighted by atomic mass is 9.94. The monoisotopic (exact) mass is 1150 g/mol. The van der Waals surface area contributed by atoms with Gasteiger partial charge in [-0.15, -0.1) is 0 Å². The van der Waals surface area contributed by atoms with Gasteiger partial charge in [0.15, 0.2) is 0 Å². The zero-order valence-corrected chi connectivity index (χ0v) is 49.9. The van der Waals surface area contributed by atoms with Crippen LogP contribution in [0.4, 0.5) is 0 Å². The summed E-state index contributed by atoms with van der Waals surface area (Å²) in [6.07, 6.45) is 14.1. The standard InChI is InChI=1S/C26H32O4.C24H28O4.C22H24O4.3H2/c1-3-5-6-20-9-13-22(14-10-20)26(28)30-24-17-15-23(16-18-24)29-25(27)21-11-7-19(4-2)8-12-21;1-3-17-5-9-19(10-6-17)23(25)27-21-13-15-22(16-14-21)28-24(26)20-11-7-18(4-2)8-12-20;1-15-3-7-17(8-4-15)21(23)25-19-11-13-20(14-12-19)26-22(24)18-9-5-16(2)6-10-18;;;/h7-14,23-24H,3-6,15-18H2,1-2H3;5-12,21-22H,3-4,13-16H2,1-2H3;3-10,19-20H,11-14H2,1-2H3;3*1H. The van der Waals surface area contributed by atoms with Gasteiger partial charge in [0.25, 0.3) is 0 Å². The van der Waals surface area contributed by atoms with Crippen molar-refractivity contribution in [3.8, 4) is 0 Å². The number of esters is 6. The van der Waals surface area contributed by atoms with Gasteiger partial charge in [-0.05, 0) is 218 Å². The van der Waals surface area contributed by atoms with Crippen LogP contribution in [-0.4, -0.2) is 72.4 Å². The molecule has 84 heavy (non-hydrogen) atoms. The second-order valence-electron chi connectivity index (χ2n) is 22.3. The SMILES string of the molecule is CCCCc1ccc(C(=O)OC2CCC(OC(=O)c3ccc(CC)cc3)CC2)cc1.CCc1ccc(C(=O)OC2CCC(OC(=O)c3ccc(CC)cc3)CC2)cc1.Cc1ccc(C(=O)OC2CCC(OC(=O)c3ccc(C)cc3)CC2)cc1.[HH].[HH].[HH]. The summed E-state index contributed by atoms with van der Waals surface area (Å²) < 4.78 is 33.8. The molecular formula is C72H90O12. The van der Waals surface area contributed by atoms with Crippen LogP contribution >= 0.6 is 0 Å². The van der Waals surface area contributed by atoms with Crippen LogP contribution in [-0.2, 0) is 54.1 Å². The van der Waals surface area contributed by atoms with Crippen molar-refractivity contribution in [1.29, 1.82) is 0 Å². The maximum absolute atomic E-state index is 12.4. The number of rotatable bonds is 18. The number of hydrogen-bond donors (Lipinski definition) is 0. The molecule has 0 saturated heterocycles. The Labute approximate surface area is 501 Å². The van der Waals surface area contributed by atoms with E-state index < -0.39 is 0 Å². The van der Waals surface area contributed by atoms with Crippen molar-refractivity contribution >= 4 is 35.8 Å². The average Bonchev–Trinajstić information content (AvgIpc) is 3.62. The molecule has 3 aliphatic carbocycles. The lowest BCUT2D eigenvalue weighted by molar-refractivity contribution is -0.0108. The predicted molar refractivity (Wildman–Crippen MR) is 332 cm³/mol. The number of carbonyl (C=O) groups excluding carboxylic acids is 6. The van der Waals surface area contributed by atoms with E-state index in [1.165, 1.54) is 22.3 Å². The van der Waals surface area contributed by atoms with Crippen molar-refractivity contribution < 1.29 is 61.5 Å². The summed E-state index contributed by atoms with van der Waals surface area (Å²) in [6.45, 7) is 12.4. The number of carbonyl (C=O) groups is 6. The van der Waals surface area contributed by atoms with Crippen LogP contribution < -0.4 is 0 Å². The van der Waals surface area contributed by atoms with Gasteiger partial charge < -0.3 is 28.4 Å². The predicted octanol–water partition coefficient (Wildman–Crippen LogP) is 16.4. The molecule has 0 radical (unpaired) electrons. The highest BCUT2D eigenvalue weighted by Gasteiger charge is 2.30. The molecule has 0 atom stereocenters. The Bertz CT molecular complexity index is 2900. The van der Waals surface area contributed by atoms with Crippen molar-refractivity contribution in [2.45, 2.75) is 194 Å². The molecule has 0 spiro atoms. The maximum atomic E-state index is 12.4. The summed E-state index contributed by atoms with van der Waals surface area (Å²) >= 11 is 0. The van der Waals surface area contributed by atoms with E-state index >= 15 is 0 Å². The number of unbranched alkanes of at least 4 members (excludes halogenated alkanes) is 1. The zero-order valence-electron chi connectivity index (χ0n) is 49.9. The molecule has 12 nitrogen and oxygen atoms in total. The van der Waals surface area contributed by atoms with Crippen LogP contribution in [0.3, 0.4) is 0 Å². The number of aryl methyl sites for hydroxylation is 6. The molecule has 0 N–H and O–H groups in total. The van der Waals surface area contributed by atoms with Crippen molar-refractivity contribution in [3.63, 3.8) is 0 Å². The highest BCUT2D eigenvalue weighted by Crippen LogP contribution is 2.29. The summed E-state index contributed by atoms with van der Waals surface area (Å²) in [5, 5.41) is 0. The fourth-order valence-electron chi connectivity index (χ4n) is 10.3. The molecule has 0 unspecified atom stereocenters. The van der Waals surface area contributed by atoms with E-state index in [4.69, 9.17) is 28.4 Å². The van der Waals surface area contributed by atoms with Crippen molar-refractivity contribution in [1.82, 2.24) is 0 Å². The number of hydrogen-bond acceptors (Lipinski definition) is 12. The van der Waals surface area contributed by atoms with Crippen LogP contribution in [0.5, 0.6) is 0 Å². The smallest absolute Gasteiger partial charge is 0.338 e. The summed E-state index contributed by atoms with van der Waals surface area (Å²) in [6, 6.07) is 45.1. The normalized spacial score (nSPS) is 19.1. The minimum Gasteiger partial charge on any atom is -0.459 e. The van der Waals surface area contributed by atoms with Crippen LogP contribution in [0.15, 0.2) is 146 Å². The minimum atomic E-state index is -0.287. The first-order chi connectivity index (χ1) is 40.7. The van der Waals surface area contributed by atoms with E-state index in [1.54, 1.807) is 24.3 Å². The summed E-state index contributed by atoms with van der Waals surface area (Å²) in [5.41, 5.74) is 10.6. The van der Waals surface area contributed by atoms with E-state index in [-0.39, 0.29) is 76.7 Å². The van der Waals surface area contributed by atoms with Crippen molar-refractivity contribution in [2.24, 2.45) is 0 Å². The van der Waals surface area contributed by atoms with Crippen LogP contribution in [0, 0.1) is 13.8 Å². The molecule has 0 aliphatic heterocycles. The molecule has 3 aliphatic rings. The van der Waals surface area contributed by atoms with Gasteiger partial charge in [0.2, 0.25) is 0 Å². The van der Waals surface area contributed by atoms with E-state index in [9.17, 15) is 28.8 Å². The third-order valence-electron chi connectivity index (χ3n) is 15.9. The minimum absolute atomic E-state index is 0. The Morgan fingerprint density at radius 3 is 0.655 bits per heavy atom. The van der Waals surface area contributed by atoms with Crippen molar-refractivity contribution in [3.05, 3.63) is 212 Å². The number of ether oxygens (including phenoxy) is 6. The van der Waals surface area contributed by atoms with Crippen molar-refractivity contribution in [2.75, 3.05) is 0 Å². The van der Waals surface area contributed by atoms with Gasteiger partial charge in [-0.2, -0.15) is 0 Å². The van der Waals surface area contributed by atoms with Gasteiger partial charge in [-0.3, -0.25) is 0 Å². The molecule has 450 valence electrons. The lowest BCUT2D eigenvalue weighted by Gasteiger charge is -2.28. The van der Waals surface area contributed by atoms with Crippen LogP contribution in [0.1, 0.15) is 217 Å². The summed E-state index contributed by atoms with van der Waals surface area (Å²) in [7, 11) is 0. The van der Waals surface area contributed by atoms with E-state index in [2.05, 4.69) is 27.7 Å². The molecule has 0 aromatic heterocycles. The first kappa shape index (κ1) is 63.7. The Hall–Kier alpha value is -7.86. The zero-order chi connectivity index (χ0) is 59.8. The Morgan fingerprint density at radius 2 is 0.476 bits per heavy atom. The van der Waals surface area contributed by atoms with Gasteiger partial charge in [0.1, 0.15) is 36.6 Å². The largest absolute Gasteiger partial charge is 0.459 e. The summed E-state index contributed by atoms with van der Waals surface area (Å²) in [4.78, 5) is 73.7. The molecule has 6 aromatic carbocycles. The molecule has 0 amide bonds. The molecule has 0 heterocycles. The van der Waals surface area contributed by atoms with Crippen LogP contribution in [0.25, 0.3) is 0 Å². The van der Waals surface area contributed by atoms with Gasteiger partial charge in [-0.1, -0.05) is 118 Å². The molecule has 12 heteroatoms. The van der Waals surface area contributed by atoms with Gasteiger partial charge >= 0.3 is 35.8 Å². The maximum Gasteiger partial charge on any atom is 0.338 e. The first-order valence-corrected chi connectivity index (χ1v) is 30.4. The molecule has 3 fully saturated rings. The molecular weight excluding hydrogens is 1060 g/mol. The molecule has 0 bridgehead atoms. The molecule has 3 saturated carbocycles. The lowest BCUT2D eigenvalue weighted by Crippen LogP contribution is -2.29. The highest BCUT2D eigenvalue weighted by atomic mass is 16.6. The Kier molecular flexibility index (Phi) is 24.9. The topological polar surface area (TPSA) is 158 Å². The third-order valence-corrected chi connectivity index (χ3v) is 15.9. The van der Waals surface area contributed by atoms with E-state index in [0.29, 0.717) is 110 Å². The van der Waals surface area contributed by atoms with Gasteiger partial charge in [0, 0.05) is 4.28 Å². The first-order valence-electron chi connectivity index (χ1n) is 30.4. The second-order valence-corrected chi connectivity index (χ2v) is 22.3. The third kappa shape index (κ3) is 20.2. The van der Waals surface area contributed by atoms with E-state index in [1.807, 2.05) is 135 Å². The summed E-state index contributed by atoms with van der Waals surface area (Å²) in [5.74, 6) is -1.68.